The molecule has 2 amide bonds. The summed E-state index contributed by atoms with van der Waals surface area (Å²) in [4.78, 5) is 27.7. The summed E-state index contributed by atoms with van der Waals surface area (Å²) in [6.45, 7) is 6.05. The molecule has 2 rings (SSSR count). The Kier molecular flexibility index (Phi) is 9.41. The molecule has 32 heavy (non-hydrogen) atoms. The van der Waals surface area contributed by atoms with Crippen LogP contribution < -0.4 is 5.32 Å². The lowest BCUT2D eigenvalue weighted by molar-refractivity contribution is -0.141. The first-order valence-electron chi connectivity index (χ1n) is 10.8. The third-order valence-corrected chi connectivity index (χ3v) is 7.04. The van der Waals surface area contributed by atoms with Crippen molar-refractivity contribution in [3.8, 4) is 0 Å². The van der Waals surface area contributed by atoms with Gasteiger partial charge in [-0.15, -0.1) is 0 Å². The van der Waals surface area contributed by atoms with Crippen molar-refractivity contribution in [3.05, 3.63) is 65.7 Å². The van der Waals surface area contributed by atoms with Gasteiger partial charge < -0.3 is 10.2 Å². The van der Waals surface area contributed by atoms with Gasteiger partial charge in [-0.2, -0.15) is 4.31 Å². The molecule has 0 bridgehead atoms. The number of carbonyl (C=O) groups is 2. The molecule has 0 saturated carbocycles. The summed E-state index contributed by atoms with van der Waals surface area (Å²) >= 11 is 0. The zero-order chi connectivity index (χ0) is 23.7. The van der Waals surface area contributed by atoms with Crippen LogP contribution >= 0.6 is 0 Å². The third kappa shape index (κ3) is 6.64. The number of amides is 2. The van der Waals surface area contributed by atoms with Crippen molar-refractivity contribution < 1.29 is 18.0 Å². The standard InChI is InChI=1S/C24H33N3O4S/c1-5-16-25-24(29)22(6-2)27(17-20-10-8-7-9-11-20)23(28)18-26(4)32(30,31)21-14-12-19(3)13-15-21/h7-15,22H,5-6,16-18H2,1-4H3,(H,25,29)/t22-/m1/s1. The summed E-state index contributed by atoms with van der Waals surface area (Å²) in [5.74, 6) is -0.659. The van der Waals surface area contributed by atoms with Crippen LogP contribution in [0.15, 0.2) is 59.5 Å². The van der Waals surface area contributed by atoms with Crippen LogP contribution in [0.4, 0.5) is 0 Å². The average molecular weight is 460 g/mol. The Hall–Kier alpha value is -2.71. The smallest absolute Gasteiger partial charge is 0.243 e. The van der Waals surface area contributed by atoms with Gasteiger partial charge in [0.15, 0.2) is 0 Å². The number of rotatable bonds is 11. The normalized spacial score (nSPS) is 12.4. The van der Waals surface area contributed by atoms with E-state index in [9.17, 15) is 18.0 Å². The highest BCUT2D eigenvalue weighted by atomic mass is 32.2. The average Bonchev–Trinajstić information content (AvgIpc) is 2.78. The van der Waals surface area contributed by atoms with Gasteiger partial charge >= 0.3 is 0 Å². The summed E-state index contributed by atoms with van der Waals surface area (Å²) in [6.07, 6.45) is 1.20. The lowest BCUT2D eigenvalue weighted by atomic mass is 10.1. The number of nitrogens with zero attached hydrogens (tertiary/aromatic N) is 2. The van der Waals surface area contributed by atoms with Crippen molar-refractivity contribution in [1.29, 1.82) is 0 Å². The van der Waals surface area contributed by atoms with Crippen LogP contribution in [0.25, 0.3) is 0 Å². The second kappa shape index (κ2) is 11.8. The molecule has 2 aromatic carbocycles. The zero-order valence-corrected chi connectivity index (χ0v) is 20.1. The predicted octanol–water partition coefficient (Wildman–Crippen LogP) is 2.95. The highest BCUT2D eigenvalue weighted by molar-refractivity contribution is 7.89. The number of hydrogen-bond acceptors (Lipinski definition) is 4. The van der Waals surface area contributed by atoms with E-state index in [4.69, 9.17) is 0 Å². The fourth-order valence-corrected chi connectivity index (χ4v) is 4.44. The number of carbonyl (C=O) groups excluding carboxylic acids is 2. The van der Waals surface area contributed by atoms with Crippen molar-refractivity contribution in [2.45, 2.75) is 51.1 Å². The Bertz CT molecular complexity index is 992. The predicted molar refractivity (Wildman–Crippen MR) is 125 cm³/mol. The molecule has 0 aliphatic carbocycles. The molecule has 0 radical (unpaired) electrons. The minimum Gasteiger partial charge on any atom is -0.354 e. The van der Waals surface area contributed by atoms with Crippen LogP contribution in [0.5, 0.6) is 0 Å². The Morgan fingerprint density at radius 2 is 1.62 bits per heavy atom. The quantitative estimate of drug-likeness (QED) is 0.560. The minimum atomic E-state index is -3.84. The molecule has 0 heterocycles. The van der Waals surface area contributed by atoms with Crippen molar-refractivity contribution in [2.75, 3.05) is 20.1 Å². The van der Waals surface area contributed by atoms with Crippen molar-refractivity contribution >= 4 is 21.8 Å². The Balaban J connectivity index is 2.27. The molecular weight excluding hydrogens is 426 g/mol. The van der Waals surface area contributed by atoms with Gasteiger partial charge in [-0.3, -0.25) is 9.59 Å². The second-order valence-electron chi connectivity index (χ2n) is 7.80. The first-order valence-corrected chi connectivity index (χ1v) is 12.3. The monoisotopic (exact) mass is 459 g/mol. The molecule has 8 heteroatoms. The number of aryl methyl sites for hydroxylation is 1. The van der Waals surface area contributed by atoms with E-state index in [1.165, 1.54) is 24.1 Å². The molecular formula is C24H33N3O4S. The second-order valence-corrected chi connectivity index (χ2v) is 9.84. The molecule has 0 aliphatic rings. The van der Waals surface area contributed by atoms with Crippen molar-refractivity contribution in [3.63, 3.8) is 0 Å². The lowest BCUT2D eigenvalue weighted by Gasteiger charge is -2.32. The van der Waals surface area contributed by atoms with Gasteiger partial charge in [0.1, 0.15) is 6.04 Å². The van der Waals surface area contributed by atoms with E-state index in [-0.39, 0.29) is 23.9 Å². The molecule has 2 aromatic rings. The van der Waals surface area contributed by atoms with Gasteiger partial charge in [0.05, 0.1) is 11.4 Å². The van der Waals surface area contributed by atoms with E-state index in [2.05, 4.69) is 5.32 Å². The number of nitrogens with one attached hydrogen (secondary N) is 1. The molecule has 0 unspecified atom stereocenters. The van der Waals surface area contributed by atoms with E-state index in [0.717, 1.165) is 21.9 Å². The Morgan fingerprint density at radius 1 is 1.00 bits per heavy atom. The first kappa shape index (κ1) is 25.5. The maximum atomic E-state index is 13.3. The lowest BCUT2D eigenvalue weighted by Crippen LogP contribution is -2.51. The van der Waals surface area contributed by atoms with Gasteiger partial charge in [-0.05, 0) is 37.5 Å². The van der Waals surface area contributed by atoms with E-state index in [0.29, 0.717) is 13.0 Å². The molecule has 174 valence electrons. The fraction of sp³-hybridized carbons (Fsp3) is 0.417. The summed E-state index contributed by atoms with van der Waals surface area (Å²) in [7, 11) is -2.46. The van der Waals surface area contributed by atoms with Gasteiger partial charge in [0.25, 0.3) is 0 Å². The van der Waals surface area contributed by atoms with E-state index in [1.807, 2.05) is 51.1 Å². The van der Waals surface area contributed by atoms with Crippen molar-refractivity contribution in [1.82, 2.24) is 14.5 Å². The maximum absolute atomic E-state index is 13.3. The molecule has 7 nitrogen and oxygen atoms in total. The summed E-state index contributed by atoms with van der Waals surface area (Å²) in [6, 6.07) is 15.2. The van der Waals surface area contributed by atoms with Crippen LogP contribution in [0.2, 0.25) is 0 Å². The van der Waals surface area contributed by atoms with Crippen LogP contribution in [-0.4, -0.2) is 55.6 Å². The molecule has 1 N–H and O–H groups in total. The minimum absolute atomic E-state index is 0.126. The van der Waals surface area contributed by atoms with Gasteiger partial charge in [-0.25, -0.2) is 8.42 Å². The molecule has 0 saturated heterocycles. The van der Waals surface area contributed by atoms with Crippen LogP contribution in [0, 0.1) is 6.92 Å². The third-order valence-electron chi connectivity index (χ3n) is 5.22. The maximum Gasteiger partial charge on any atom is 0.243 e. The zero-order valence-electron chi connectivity index (χ0n) is 19.2. The Labute approximate surface area is 191 Å². The molecule has 0 fully saturated rings. The number of benzene rings is 2. The highest BCUT2D eigenvalue weighted by Gasteiger charge is 2.31. The number of likely N-dealkylation sites (N-methyl/N-ethyl adjacent to an activating group) is 1. The number of sulfonamides is 1. The Morgan fingerprint density at radius 3 is 2.19 bits per heavy atom. The fourth-order valence-electron chi connectivity index (χ4n) is 3.32. The summed E-state index contributed by atoms with van der Waals surface area (Å²) in [5.41, 5.74) is 1.81. The molecule has 0 aromatic heterocycles. The van der Waals surface area contributed by atoms with Gasteiger partial charge in [0, 0.05) is 20.1 Å². The van der Waals surface area contributed by atoms with Crippen LogP contribution in [0.3, 0.4) is 0 Å². The van der Waals surface area contributed by atoms with Crippen LogP contribution in [-0.2, 0) is 26.2 Å². The van der Waals surface area contributed by atoms with E-state index in [1.54, 1.807) is 12.1 Å². The summed E-state index contributed by atoms with van der Waals surface area (Å²) in [5, 5.41) is 2.85. The molecule has 1 atom stereocenters. The number of hydrogen-bond donors (Lipinski definition) is 1. The summed E-state index contributed by atoms with van der Waals surface area (Å²) < 4.78 is 26.9. The van der Waals surface area contributed by atoms with E-state index < -0.39 is 22.0 Å². The van der Waals surface area contributed by atoms with E-state index >= 15 is 0 Å². The highest BCUT2D eigenvalue weighted by Crippen LogP contribution is 2.17. The molecule has 0 aliphatic heterocycles. The topological polar surface area (TPSA) is 86.8 Å². The van der Waals surface area contributed by atoms with Crippen molar-refractivity contribution in [2.24, 2.45) is 0 Å². The largest absolute Gasteiger partial charge is 0.354 e. The first-order chi connectivity index (χ1) is 15.2. The SMILES string of the molecule is CCCNC(=O)[C@@H](CC)N(Cc1ccccc1)C(=O)CN(C)S(=O)(=O)c1ccc(C)cc1. The van der Waals surface area contributed by atoms with Gasteiger partial charge in [-0.1, -0.05) is 61.9 Å². The van der Waals surface area contributed by atoms with Crippen LogP contribution in [0.1, 0.15) is 37.8 Å². The van der Waals surface area contributed by atoms with Gasteiger partial charge in [0.2, 0.25) is 21.8 Å². The molecule has 0 spiro atoms.